The molecule has 0 atom stereocenters. The van der Waals surface area contributed by atoms with Crippen LogP contribution in [0.1, 0.15) is 46.5 Å². The van der Waals surface area contributed by atoms with Crippen molar-refractivity contribution in [3.8, 4) is 0 Å². The van der Waals surface area contributed by atoms with Gasteiger partial charge in [-0.25, -0.2) is 0 Å². The third-order valence-corrected chi connectivity index (χ3v) is 2.64. The molecule has 0 aliphatic rings. The number of nitrogens with two attached hydrogens (primary N) is 1. The van der Waals surface area contributed by atoms with Crippen LogP contribution in [0.2, 0.25) is 0 Å². The molecule has 0 aliphatic heterocycles. The molecule has 100 valence electrons. The quantitative estimate of drug-likeness (QED) is 0.531. The van der Waals surface area contributed by atoms with E-state index in [2.05, 4.69) is 12.7 Å². The molecule has 0 rings (SSSR count). The Morgan fingerprint density at radius 3 is 2.17 bits per heavy atom. The molecule has 0 radical (unpaired) electrons. The third kappa shape index (κ3) is 8.50. The fraction of sp³-hybridized carbons (Fsp3) is 0.467. The molecule has 0 fully saturated rings. The second-order valence-corrected chi connectivity index (χ2v) is 4.69. The molecule has 3 nitrogen and oxygen atoms in total. The van der Waals surface area contributed by atoms with Gasteiger partial charge in [-0.2, -0.15) is 0 Å². The molecule has 18 heavy (non-hydrogen) atoms. The first kappa shape index (κ1) is 16.4. The lowest BCUT2D eigenvalue weighted by Crippen LogP contribution is -2.06. The lowest BCUT2D eigenvalue weighted by molar-refractivity contribution is -0.115. The molecule has 0 unspecified atom stereocenters. The number of amides is 1. The molecule has 0 aliphatic carbocycles. The van der Waals surface area contributed by atoms with Crippen molar-refractivity contribution < 1.29 is 9.59 Å². The van der Waals surface area contributed by atoms with Gasteiger partial charge >= 0.3 is 0 Å². The first-order chi connectivity index (χ1) is 8.32. The summed E-state index contributed by atoms with van der Waals surface area (Å²) in [4.78, 5) is 22.0. The van der Waals surface area contributed by atoms with Crippen LogP contribution < -0.4 is 5.73 Å². The minimum atomic E-state index is -0.403. The number of hydrogen-bond acceptors (Lipinski definition) is 2. The van der Waals surface area contributed by atoms with Crippen LogP contribution in [0.25, 0.3) is 0 Å². The van der Waals surface area contributed by atoms with E-state index in [4.69, 9.17) is 5.73 Å². The first-order valence-corrected chi connectivity index (χ1v) is 6.14. The zero-order valence-electron chi connectivity index (χ0n) is 11.6. The second kappa shape index (κ2) is 8.45. The van der Waals surface area contributed by atoms with E-state index in [1.807, 2.05) is 13.8 Å². The Labute approximate surface area is 109 Å². The average molecular weight is 249 g/mol. The number of primary amides is 1. The third-order valence-electron chi connectivity index (χ3n) is 2.64. The standard InChI is InChI=1S/C15H23NO2/c1-11(2)14(17)9-8-12(3)6-5-7-13(4)10-15(16)18/h6,10H,1,5,7-9H2,2-4H3,(H2,16,18)/b12-6+,13-10+. The number of hydrogen-bond donors (Lipinski definition) is 1. The molecule has 2 N–H and O–H groups in total. The zero-order chi connectivity index (χ0) is 14.1. The van der Waals surface area contributed by atoms with Gasteiger partial charge in [-0.05, 0) is 45.6 Å². The smallest absolute Gasteiger partial charge is 0.241 e. The monoisotopic (exact) mass is 249 g/mol. The van der Waals surface area contributed by atoms with Crippen LogP contribution in [0, 0.1) is 0 Å². The molecule has 0 heterocycles. The van der Waals surface area contributed by atoms with Crippen LogP contribution >= 0.6 is 0 Å². The van der Waals surface area contributed by atoms with E-state index in [9.17, 15) is 9.59 Å². The van der Waals surface area contributed by atoms with E-state index in [1.54, 1.807) is 6.92 Å². The summed E-state index contributed by atoms with van der Waals surface area (Å²) in [5.74, 6) is -0.284. The molecule has 0 aromatic heterocycles. The average Bonchev–Trinajstić information content (AvgIpc) is 2.24. The van der Waals surface area contributed by atoms with Gasteiger partial charge in [-0.3, -0.25) is 9.59 Å². The van der Waals surface area contributed by atoms with E-state index in [0.717, 1.165) is 24.8 Å². The second-order valence-electron chi connectivity index (χ2n) is 4.69. The minimum absolute atomic E-state index is 0.118. The first-order valence-electron chi connectivity index (χ1n) is 6.14. The Morgan fingerprint density at radius 2 is 1.67 bits per heavy atom. The van der Waals surface area contributed by atoms with Gasteiger partial charge < -0.3 is 5.73 Å². The van der Waals surface area contributed by atoms with Gasteiger partial charge in [0.25, 0.3) is 0 Å². The fourth-order valence-electron chi connectivity index (χ4n) is 1.49. The van der Waals surface area contributed by atoms with Gasteiger partial charge in [-0.1, -0.05) is 23.8 Å². The fourth-order valence-corrected chi connectivity index (χ4v) is 1.49. The van der Waals surface area contributed by atoms with E-state index in [-0.39, 0.29) is 5.78 Å². The summed E-state index contributed by atoms with van der Waals surface area (Å²) in [6.45, 7) is 9.26. The number of carbonyl (C=O) groups excluding carboxylic acids is 2. The van der Waals surface area contributed by atoms with Crippen molar-refractivity contribution >= 4 is 11.7 Å². The summed E-state index contributed by atoms with van der Waals surface area (Å²) in [7, 11) is 0. The minimum Gasteiger partial charge on any atom is -0.366 e. The van der Waals surface area contributed by atoms with Gasteiger partial charge in [0.05, 0.1) is 0 Å². The highest BCUT2D eigenvalue weighted by atomic mass is 16.1. The van der Waals surface area contributed by atoms with Crippen LogP contribution in [-0.2, 0) is 9.59 Å². The Bertz CT molecular complexity index is 389. The Morgan fingerprint density at radius 1 is 1.06 bits per heavy atom. The summed E-state index contributed by atoms with van der Waals surface area (Å²) >= 11 is 0. The normalized spacial score (nSPS) is 12.4. The number of Topliss-reactive ketones (excluding diaryl/α,β-unsaturated/α-hetero) is 1. The van der Waals surface area contributed by atoms with Gasteiger partial charge in [0, 0.05) is 12.5 Å². The van der Waals surface area contributed by atoms with Crippen molar-refractivity contribution in [3.05, 3.63) is 35.5 Å². The molecule has 0 spiro atoms. The Hall–Kier alpha value is -1.64. The molecule has 3 heteroatoms. The van der Waals surface area contributed by atoms with Gasteiger partial charge in [0.15, 0.2) is 5.78 Å². The van der Waals surface area contributed by atoms with Crippen molar-refractivity contribution in [2.75, 3.05) is 0 Å². The SMILES string of the molecule is C=C(C)C(=O)CC/C(C)=C/CC/C(C)=C/C(N)=O. The summed E-state index contributed by atoms with van der Waals surface area (Å²) in [6.07, 6.45) is 6.52. The van der Waals surface area contributed by atoms with E-state index in [1.165, 1.54) is 11.6 Å². The molecule has 0 saturated heterocycles. The lowest BCUT2D eigenvalue weighted by atomic mass is 10.0. The van der Waals surface area contributed by atoms with Gasteiger partial charge in [0.2, 0.25) is 5.91 Å². The van der Waals surface area contributed by atoms with Crippen LogP contribution in [0.3, 0.4) is 0 Å². The van der Waals surface area contributed by atoms with Crippen LogP contribution in [-0.4, -0.2) is 11.7 Å². The molecular weight excluding hydrogens is 226 g/mol. The molecule has 0 bridgehead atoms. The number of allylic oxidation sites excluding steroid dienone is 4. The van der Waals surface area contributed by atoms with Gasteiger partial charge in [-0.15, -0.1) is 0 Å². The summed E-state index contributed by atoms with van der Waals surface area (Å²) in [5.41, 5.74) is 7.84. The molecular formula is C15H23NO2. The van der Waals surface area contributed by atoms with E-state index >= 15 is 0 Å². The number of rotatable bonds is 8. The van der Waals surface area contributed by atoms with E-state index < -0.39 is 5.91 Å². The maximum Gasteiger partial charge on any atom is 0.241 e. The summed E-state index contributed by atoms with van der Waals surface area (Å²) in [6, 6.07) is 0. The predicted octanol–water partition coefficient (Wildman–Crippen LogP) is 3.07. The molecule has 0 aromatic carbocycles. The Kier molecular flexibility index (Phi) is 7.68. The van der Waals surface area contributed by atoms with Gasteiger partial charge in [0.1, 0.15) is 0 Å². The van der Waals surface area contributed by atoms with Crippen molar-refractivity contribution in [1.82, 2.24) is 0 Å². The van der Waals surface area contributed by atoms with Crippen molar-refractivity contribution in [2.24, 2.45) is 5.73 Å². The predicted molar refractivity (Wildman–Crippen MR) is 75.0 cm³/mol. The van der Waals surface area contributed by atoms with Crippen LogP contribution in [0.5, 0.6) is 0 Å². The van der Waals surface area contributed by atoms with Crippen LogP contribution in [0.15, 0.2) is 35.5 Å². The lowest BCUT2D eigenvalue weighted by Gasteiger charge is -2.02. The van der Waals surface area contributed by atoms with Crippen molar-refractivity contribution in [2.45, 2.75) is 46.5 Å². The highest BCUT2D eigenvalue weighted by Gasteiger charge is 2.02. The summed E-state index contributed by atoms with van der Waals surface area (Å²) in [5, 5.41) is 0. The largest absolute Gasteiger partial charge is 0.366 e. The maximum atomic E-state index is 11.4. The maximum absolute atomic E-state index is 11.4. The molecule has 1 amide bonds. The van der Waals surface area contributed by atoms with Crippen molar-refractivity contribution in [3.63, 3.8) is 0 Å². The van der Waals surface area contributed by atoms with Crippen molar-refractivity contribution in [1.29, 1.82) is 0 Å². The number of carbonyl (C=O) groups is 2. The van der Waals surface area contributed by atoms with E-state index in [0.29, 0.717) is 12.0 Å². The zero-order valence-corrected chi connectivity index (χ0v) is 11.6. The van der Waals surface area contributed by atoms with Crippen LogP contribution in [0.4, 0.5) is 0 Å². The number of ketones is 1. The Balaban J connectivity index is 4.02. The highest BCUT2D eigenvalue weighted by Crippen LogP contribution is 2.11. The summed E-state index contributed by atoms with van der Waals surface area (Å²) < 4.78 is 0. The highest BCUT2D eigenvalue weighted by molar-refractivity contribution is 5.94. The topological polar surface area (TPSA) is 60.2 Å². The molecule has 0 saturated carbocycles. The molecule has 0 aromatic rings.